The lowest BCUT2D eigenvalue weighted by molar-refractivity contribution is -0.132. The summed E-state index contributed by atoms with van der Waals surface area (Å²) in [5, 5.41) is 10.8. The van der Waals surface area contributed by atoms with Gasteiger partial charge in [0.15, 0.2) is 0 Å². The molecule has 4 N–H and O–H groups in total. The summed E-state index contributed by atoms with van der Waals surface area (Å²) < 4.78 is 0. The van der Waals surface area contributed by atoms with Crippen LogP contribution in [-0.2, 0) is 4.79 Å². The molecule has 5 heteroatoms. The number of hydrogen-bond donors (Lipinski definition) is 3. The number of carboxylic acid groups (broad SMARTS) is 1. The predicted octanol–water partition coefficient (Wildman–Crippen LogP) is 3.61. The van der Waals surface area contributed by atoms with E-state index < -0.39 is 12.0 Å². The number of aliphatic carboxylic acids is 1. The van der Waals surface area contributed by atoms with Crippen LogP contribution in [0.5, 0.6) is 0 Å². The number of nitrogens with one attached hydrogen (secondary N) is 1. The molecule has 2 amide bonds. The Bertz CT molecular complexity index is 510. The van der Waals surface area contributed by atoms with E-state index in [1.54, 1.807) is 0 Å². The summed E-state index contributed by atoms with van der Waals surface area (Å²) in [6.45, 7) is 9.35. The lowest BCUT2D eigenvalue weighted by Crippen LogP contribution is -2.19. The summed E-state index contributed by atoms with van der Waals surface area (Å²) in [5.41, 5.74) is 8.26. The molecule has 0 aliphatic rings. The molecule has 1 rings (SSSR count). The summed E-state index contributed by atoms with van der Waals surface area (Å²) in [7, 11) is 0. The molecule has 0 saturated heterocycles. The lowest BCUT2D eigenvalue weighted by Gasteiger charge is -2.05. The third-order valence-electron chi connectivity index (χ3n) is 2.77. The third kappa shape index (κ3) is 8.47. The van der Waals surface area contributed by atoms with Crippen LogP contribution >= 0.6 is 0 Å². The van der Waals surface area contributed by atoms with Crippen LogP contribution in [0.1, 0.15) is 37.3 Å². The van der Waals surface area contributed by atoms with Gasteiger partial charge in [0.1, 0.15) is 0 Å². The van der Waals surface area contributed by atoms with E-state index in [-0.39, 0.29) is 0 Å². The van der Waals surface area contributed by atoms with Crippen LogP contribution < -0.4 is 11.1 Å². The van der Waals surface area contributed by atoms with Crippen molar-refractivity contribution in [2.75, 3.05) is 5.32 Å². The zero-order valence-corrected chi connectivity index (χ0v) is 12.9. The third-order valence-corrected chi connectivity index (χ3v) is 2.77. The van der Waals surface area contributed by atoms with E-state index in [0.29, 0.717) is 12.0 Å². The number of hydrogen-bond acceptors (Lipinski definition) is 2. The molecule has 116 valence electrons. The fourth-order valence-electron chi connectivity index (χ4n) is 1.58. The average molecular weight is 292 g/mol. The van der Waals surface area contributed by atoms with Gasteiger partial charge in [-0.05, 0) is 38.3 Å². The molecule has 1 aromatic carbocycles. The topological polar surface area (TPSA) is 92.4 Å². The highest BCUT2D eigenvalue weighted by atomic mass is 16.4. The van der Waals surface area contributed by atoms with Gasteiger partial charge in [0.2, 0.25) is 0 Å². The van der Waals surface area contributed by atoms with Gasteiger partial charge in [-0.25, -0.2) is 9.59 Å². The number of benzene rings is 1. The van der Waals surface area contributed by atoms with E-state index in [2.05, 4.69) is 11.9 Å². The molecule has 0 unspecified atom stereocenters. The van der Waals surface area contributed by atoms with Crippen molar-refractivity contribution < 1.29 is 14.7 Å². The molecule has 0 saturated carbocycles. The molecule has 0 aliphatic carbocycles. The number of unbranched alkanes of at least 4 members (excludes halogenated alkanes) is 1. The maximum atomic E-state index is 10.5. The maximum absolute atomic E-state index is 10.5. The minimum atomic E-state index is -0.872. The molecule has 0 aliphatic heterocycles. The first-order valence-electron chi connectivity index (χ1n) is 6.82. The van der Waals surface area contributed by atoms with Crippen molar-refractivity contribution in [3.8, 4) is 0 Å². The maximum Gasteiger partial charge on any atom is 0.330 e. The Morgan fingerprint density at radius 1 is 1.33 bits per heavy atom. The van der Waals surface area contributed by atoms with Crippen molar-refractivity contribution >= 4 is 17.7 Å². The number of nitrogens with two attached hydrogens (primary N) is 1. The second-order valence-electron chi connectivity index (χ2n) is 4.82. The number of urea groups is 1. The zero-order valence-electron chi connectivity index (χ0n) is 12.9. The van der Waals surface area contributed by atoms with E-state index in [0.717, 1.165) is 24.1 Å². The van der Waals surface area contributed by atoms with E-state index in [9.17, 15) is 9.59 Å². The largest absolute Gasteiger partial charge is 0.478 e. The summed E-state index contributed by atoms with van der Waals surface area (Å²) in [5.74, 6) is -0.872. The van der Waals surface area contributed by atoms with Crippen LogP contribution in [0.2, 0.25) is 0 Å². The molecule has 0 fully saturated rings. The van der Waals surface area contributed by atoms with Gasteiger partial charge in [0.05, 0.1) is 0 Å². The smallest absolute Gasteiger partial charge is 0.330 e. The molecule has 0 atom stereocenters. The molecule has 0 radical (unpaired) electrons. The van der Waals surface area contributed by atoms with Gasteiger partial charge in [0.25, 0.3) is 0 Å². The quantitative estimate of drug-likeness (QED) is 0.724. The van der Waals surface area contributed by atoms with Crippen LogP contribution in [0, 0.1) is 13.8 Å². The van der Waals surface area contributed by atoms with Crippen molar-refractivity contribution in [1.29, 1.82) is 0 Å². The number of carbonyl (C=O) groups excluding carboxylic acids is 1. The van der Waals surface area contributed by atoms with Gasteiger partial charge in [-0.1, -0.05) is 37.6 Å². The average Bonchev–Trinajstić information content (AvgIpc) is 2.39. The van der Waals surface area contributed by atoms with Crippen molar-refractivity contribution in [2.45, 2.75) is 40.0 Å². The number of rotatable bonds is 5. The molecule has 0 spiro atoms. The van der Waals surface area contributed by atoms with Crippen LogP contribution in [0.3, 0.4) is 0 Å². The Kier molecular flexibility index (Phi) is 8.53. The fourth-order valence-corrected chi connectivity index (χ4v) is 1.58. The molecule has 0 heterocycles. The first-order chi connectivity index (χ1) is 9.77. The predicted molar refractivity (Wildman–Crippen MR) is 85.4 cm³/mol. The van der Waals surface area contributed by atoms with Crippen LogP contribution in [0.15, 0.2) is 30.4 Å². The monoisotopic (exact) mass is 292 g/mol. The van der Waals surface area contributed by atoms with E-state index >= 15 is 0 Å². The first kappa shape index (κ1) is 18.7. The molecule has 1 aromatic rings. The van der Waals surface area contributed by atoms with Gasteiger partial charge in [-0.3, -0.25) is 0 Å². The minimum Gasteiger partial charge on any atom is -0.478 e. The Morgan fingerprint density at radius 3 is 2.38 bits per heavy atom. The van der Waals surface area contributed by atoms with Gasteiger partial charge < -0.3 is 16.2 Å². The fraction of sp³-hybridized carbons (Fsp3) is 0.375. The van der Waals surface area contributed by atoms with E-state index in [4.69, 9.17) is 10.8 Å². The Labute approximate surface area is 125 Å². The lowest BCUT2D eigenvalue weighted by atomic mass is 10.1. The second kappa shape index (κ2) is 9.58. The molecular weight excluding hydrogens is 268 g/mol. The summed E-state index contributed by atoms with van der Waals surface area (Å²) in [4.78, 5) is 20.6. The van der Waals surface area contributed by atoms with Crippen molar-refractivity contribution in [2.24, 2.45) is 5.73 Å². The Balaban J connectivity index is 0.000000400. The minimum absolute atomic E-state index is 0.317. The SMILES string of the molecule is C=C(CCCC)C(=O)O.Cc1ccc(NC(N)=O)c(C)c1. The number of amides is 2. The van der Waals surface area contributed by atoms with Crippen LogP contribution in [0.25, 0.3) is 0 Å². The van der Waals surface area contributed by atoms with Crippen LogP contribution in [-0.4, -0.2) is 17.1 Å². The van der Waals surface area contributed by atoms with Gasteiger partial charge in [0, 0.05) is 11.3 Å². The number of anilines is 1. The number of carbonyl (C=O) groups is 2. The van der Waals surface area contributed by atoms with Crippen molar-refractivity contribution in [1.82, 2.24) is 0 Å². The highest BCUT2D eigenvalue weighted by Crippen LogP contribution is 2.15. The molecule has 21 heavy (non-hydrogen) atoms. The number of carboxylic acids is 1. The van der Waals surface area contributed by atoms with Gasteiger partial charge in [-0.2, -0.15) is 0 Å². The molecule has 5 nitrogen and oxygen atoms in total. The summed E-state index contributed by atoms with van der Waals surface area (Å²) >= 11 is 0. The van der Waals surface area contributed by atoms with Crippen molar-refractivity contribution in [3.05, 3.63) is 41.5 Å². The first-order valence-corrected chi connectivity index (χ1v) is 6.82. The van der Waals surface area contributed by atoms with E-state index in [1.165, 1.54) is 5.56 Å². The number of primary amides is 1. The summed E-state index contributed by atoms with van der Waals surface area (Å²) in [6.07, 6.45) is 2.56. The highest BCUT2D eigenvalue weighted by molar-refractivity contribution is 5.88. The standard InChI is InChI=1S/C9H12N2O.C7H12O2/c1-6-3-4-8(7(2)5-6)11-9(10)12;1-3-4-5-6(2)7(8)9/h3-5H,1-2H3,(H3,10,11,12);2-5H2,1H3,(H,8,9). The Hall–Kier alpha value is -2.30. The molecule has 0 bridgehead atoms. The second-order valence-corrected chi connectivity index (χ2v) is 4.82. The normalized spacial score (nSPS) is 9.29. The summed E-state index contributed by atoms with van der Waals surface area (Å²) in [6, 6.07) is 5.24. The van der Waals surface area contributed by atoms with Crippen molar-refractivity contribution in [3.63, 3.8) is 0 Å². The van der Waals surface area contributed by atoms with Gasteiger partial charge >= 0.3 is 12.0 Å². The van der Waals surface area contributed by atoms with Gasteiger partial charge in [-0.15, -0.1) is 0 Å². The van der Waals surface area contributed by atoms with E-state index in [1.807, 2.05) is 39.0 Å². The number of aryl methyl sites for hydroxylation is 2. The molecule has 0 aromatic heterocycles. The Morgan fingerprint density at radius 2 is 1.95 bits per heavy atom. The molecular formula is C16H24N2O3. The zero-order chi connectivity index (χ0) is 16.4. The van der Waals surface area contributed by atoms with Crippen LogP contribution in [0.4, 0.5) is 10.5 Å². The highest BCUT2D eigenvalue weighted by Gasteiger charge is 2.00.